The van der Waals surface area contributed by atoms with Crippen LogP contribution in [-0.4, -0.2) is 50.2 Å². The molecule has 5 aromatic rings. The Bertz CT molecular complexity index is 1860. The van der Waals surface area contributed by atoms with E-state index in [1.165, 1.54) is 30.0 Å². The first kappa shape index (κ1) is 30.2. The normalized spacial score (nSPS) is 14.3. The van der Waals surface area contributed by atoms with Crippen LogP contribution in [0.4, 0.5) is 4.39 Å². The van der Waals surface area contributed by atoms with Gasteiger partial charge in [-0.05, 0) is 65.9 Å². The van der Waals surface area contributed by atoms with Gasteiger partial charge in [0.2, 0.25) is 0 Å². The van der Waals surface area contributed by atoms with Gasteiger partial charge in [0.25, 0.3) is 11.8 Å². The van der Waals surface area contributed by atoms with Crippen LogP contribution in [0.3, 0.4) is 0 Å². The van der Waals surface area contributed by atoms with E-state index < -0.39 is 11.7 Å². The molecule has 0 saturated carbocycles. The van der Waals surface area contributed by atoms with Gasteiger partial charge < -0.3 is 10.1 Å². The zero-order valence-corrected chi connectivity index (χ0v) is 26.1. The van der Waals surface area contributed by atoms with Crippen LogP contribution in [0, 0.1) is 12.7 Å². The number of hydrazone groups is 1. The van der Waals surface area contributed by atoms with Crippen molar-refractivity contribution in [2.24, 2.45) is 5.10 Å². The smallest absolute Gasteiger partial charge is 0.254 e. The first-order valence-corrected chi connectivity index (χ1v) is 16.0. The molecule has 0 unspecified atom stereocenters. The highest BCUT2D eigenvalue weighted by Gasteiger charge is 2.34. The summed E-state index contributed by atoms with van der Waals surface area (Å²) in [5.41, 5.74) is 3.56. The molecule has 228 valence electrons. The van der Waals surface area contributed by atoms with Crippen LogP contribution in [-0.2, 0) is 11.3 Å². The van der Waals surface area contributed by atoms with Crippen molar-refractivity contribution >= 4 is 40.6 Å². The molecule has 3 aromatic carbocycles. The number of nitrogens with one attached hydrogen (secondary N) is 1. The standard InChI is InChI=1S/C33H29FN6O3S2/c1-21-7-5-8-23(17-21)39-30(19-35-32(42)25-9-3-4-10-26(25)34)36-37-33(39)45-20-31(41)40-28(22-12-14-24(43-2)15-13-22)18-27(38-40)29-11-6-16-44-29/h3-17,28H,18-20H2,1-2H3,(H,35,42)/t28-/m1/s1. The van der Waals surface area contributed by atoms with E-state index in [4.69, 9.17) is 9.84 Å². The van der Waals surface area contributed by atoms with Crippen LogP contribution in [0.25, 0.3) is 5.69 Å². The van der Waals surface area contributed by atoms with E-state index in [2.05, 4.69) is 15.5 Å². The zero-order chi connectivity index (χ0) is 31.3. The Labute approximate surface area is 267 Å². The lowest BCUT2D eigenvalue weighted by Gasteiger charge is -2.22. The SMILES string of the molecule is COc1ccc([C@H]2CC(c3cccs3)=NN2C(=O)CSc2nnc(CNC(=O)c3ccccc3F)n2-c2cccc(C)c2)cc1. The monoisotopic (exact) mass is 640 g/mol. The number of benzene rings is 3. The van der Waals surface area contributed by atoms with Crippen LogP contribution in [0.2, 0.25) is 0 Å². The van der Waals surface area contributed by atoms with Gasteiger partial charge in [0.1, 0.15) is 11.6 Å². The first-order valence-electron chi connectivity index (χ1n) is 14.2. The molecular formula is C33H29FN6O3S2. The average Bonchev–Trinajstić information content (AvgIpc) is 3.83. The maximum Gasteiger partial charge on any atom is 0.254 e. The van der Waals surface area contributed by atoms with E-state index in [1.54, 1.807) is 34.1 Å². The number of amides is 2. The number of hydrogen-bond acceptors (Lipinski definition) is 8. The summed E-state index contributed by atoms with van der Waals surface area (Å²) >= 11 is 2.83. The summed E-state index contributed by atoms with van der Waals surface area (Å²) in [5, 5.41) is 20.3. The Morgan fingerprint density at radius 2 is 1.87 bits per heavy atom. The Morgan fingerprint density at radius 1 is 1.04 bits per heavy atom. The van der Waals surface area contributed by atoms with Crippen molar-refractivity contribution < 1.29 is 18.7 Å². The topological polar surface area (TPSA) is 102 Å². The molecule has 0 aliphatic carbocycles. The molecule has 3 heterocycles. The lowest BCUT2D eigenvalue weighted by atomic mass is 10.0. The highest BCUT2D eigenvalue weighted by molar-refractivity contribution is 7.99. The number of thioether (sulfide) groups is 1. The van der Waals surface area contributed by atoms with E-state index in [0.29, 0.717) is 17.4 Å². The number of nitrogens with zero attached hydrogens (tertiary/aromatic N) is 5. The van der Waals surface area contributed by atoms with Crippen LogP contribution >= 0.6 is 23.1 Å². The van der Waals surface area contributed by atoms with Gasteiger partial charge in [-0.1, -0.05) is 54.2 Å². The molecule has 2 amide bonds. The molecule has 9 nitrogen and oxygen atoms in total. The summed E-state index contributed by atoms with van der Waals surface area (Å²) in [6.45, 7) is 1.97. The van der Waals surface area contributed by atoms with Crippen molar-refractivity contribution in [2.45, 2.75) is 31.1 Å². The lowest BCUT2D eigenvalue weighted by Crippen LogP contribution is -2.28. The molecule has 1 aliphatic heterocycles. The summed E-state index contributed by atoms with van der Waals surface area (Å²) in [6, 6.07) is 24.9. The summed E-state index contributed by atoms with van der Waals surface area (Å²) in [5.74, 6) is -0.115. The van der Waals surface area contributed by atoms with Gasteiger partial charge in [0, 0.05) is 12.1 Å². The fraction of sp³-hybridized carbons (Fsp3) is 0.182. The van der Waals surface area contributed by atoms with Gasteiger partial charge >= 0.3 is 0 Å². The van der Waals surface area contributed by atoms with E-state index in [1.807, 2.05) is 73.0 Å². The van der Waals surface area contributed by atoms with Crippen molar-refractivity contribution in [3.63, 3.8) is 0 Å². The Balaban J connectivity index is 1.24. The molecule has 6 rings (SSSR count). The second-order valence-electron chi connectivity index (χ2n) is 10.3. The summed E-state index contributed by atoms with van der Waals surface area (Å²) in [7, 11) is 1.62. The predicted molar refractivity (Wildman–Crippen MR) is 172 cm³/mol. The van der Waals surface area contributed by atoms with Gasteiger partial charge in [0.05, 0.1) is 41.6 Å². The summed E-state index contributed by atoms with van der Waals surface area (Å²) in [6.07, 6.45) is 0.592. The highest BCUT2D eigenvalue weighted by atomic mass is 32.2. The Morgan fingerprint density at radius 3 is 2.60 bits per heavy atom. The number of ether oxygens (including phenoxy) is 1. The molecule has 2 aromatic heterocycles. The highest BCUT2D eigenvalue weighted by Crippen LogP contribution is 2.35. The summed E-state index contributed by atoms with van der Waals surface area (Å²) < 4.78 is 21.3. The first-order chi connectivity index (χ1) is 21.9. The molecule has 1 aliphatic rings. The number of carbonyl (C=O) groups excluding carboxylic acids is 2. The van der Waals surface area contributed by atoms with Crippen LogP contribution in [0.1, 0.15) is 44.6 Å². The van der Waals surface area contributed by atoms with E-state index in [-0.39, 0.29) is 29.8 Å². The van der Waals surface area contributed by atoms with Crippen molar-refractivity contribution in [3.05, 3.63) is 124 Å². The number of aryl methyl sites for hydroxylation is 1. The third-order valence-electron chi connectivity index (χ3n) is 7.28. The number of halogens is 1. The largest absolute Gasteiger partial charge is 0.497 e. The quantitative estimate of drug-likeness (QED) is 0.183. The van der Waals surface area contributed by atoms with Gasteiger partial charge in [-0.3, -0.25) is 14.2 Å². The number of hydrogen-bond donors (Lipinski definition) is 1. The number of aromatic nitrogens is 3. The molecule has 0 fully saturated rings. The zero-order valence-electron chi connectivity index (χ0n) is 24.5. The second kappa shape index (κ2) is 13.4. The van der Waals surface area contributed by atoms with E-state index in [9.17, 15) is 14.0 Å². The summed E-state index contributed by atoms with van der Waals surface area (Å²) in [4.78, 5) is 27.5. The molecule has 1 atom stereocenters. The third-order valence-corrected chi connectivity index (χ3v) is 9.12. The second-order valence-corrected chi connectivity index (χ2v) is 12.2. The predicted octanol–water partition coefficient (Wildman–Crippen LogP) is 6.18. The average molecular weight is 641 g/mol. The van der Waals surface area contributed by atoms with Crippen LogP contribution in [0.15, 0.2) is 101 Å². The molecule has 1 N–H and O–H groups in total. The minimum absolute atomic E-state index is 0.00273. The molecule has 0 saturated heterocycles. The lowest BCUT2D eigenvalue weighted by molar-refractivity contribution is -0.130. The number of carbonyl (C=O) groups is 2. The fourth-order valence-electron chi connectivity index (χ4n) is 5.04. The maximum absolute atomic E-state index is 14.2. The van der Waals surface area contributed by atoms with Crippen LogP contribution < -0.4 is 10.1 Å². The molecule has 0 bridgehead atoms. The van der Waals surface area contributed by atoms with E-state index in [0.717, 1.165) is 33.2 Å². The number of thiophene rings is 1. The van der Waals surface area contributed by atoms with Crippen LogP contribution in [0.5, 0.6) is 5.75 Å². The van der Waals surface area contributed by atoms with Crippen molar-refractivity contribution in [1.29, 1.82) is 0 Å². The van der Waals surface area contributed by atoms with Gasteiger partial charge in [0.15, 0.2) is 11.0 Å². The van der Waals surface area contributed by atoms with Gasteiger partial charge in [-0.2, -0.15) is 5.10 Å². The van der Waals surface area contributed by atoms with Crippen molar-refractivity contribution in [3.8, 4) is 11.4 Å². The van der Waals surface area contributed by atoms with Crippen molar-refractivity contribution in [2.75, 3.05) is 12.9 Å². The minimum Gasteiger partial charge on any atom is -0.497 e. The number of rotatable bonds is 10. The number of methoxy groups -OCH3 is 1. The molecule has 12 heteroatoms. The molecule has 45 heavy (non-hydrogen) atoms. The Hall–Kier alpha value is -4.81. The van der Waals surface area contributed by atoms with E-state index >= 15 is 0 Å². The fourth-order valence-corrected chi connectivity index (χ4v) is 6.59. The molecule has 0 spiro atoms. The molecule has 0 radical (unpaired) electrons. The van der Waals surface area contributed by atoms with Crippen molar-refractivity contribution in [1.82, 2.24) is 25.1 Å². The third kappa shape index (κ3) is 6.66. The van der Waals surface area contributed by atoms with Gasteiger partial charge in [-0.15, -0.1) is 21.5 Å². The molecular weight excluding hydrogens is 612 g/mol. The minimum atomic E-state index is -0.607. The van der Waals surface area contributed by atoms with Gasteiger partial charge in [-0.25, -0.2) is 9.40 Å². The Kier molecular flexibility index (Phi) is 9.03. The maximum atomic E-state index is 14.2.